The van der Waals surface area contributed by atoms with Gasteiger partial charge in [-0.3, -0.25) is 24.6 Å². The van der Waals surface area contributed by atoms with E-state index in [2.05, 4.69) is 5.32 Å². The van der Waals surface area contributed by atoms with Crippen LogP contribution >= 0.6 is 11.8 Å². The minimum atomic E-state index is -0.430. The van der Waals surface area contributed by atoms with Gasteiger partial charge in [0.25, 0.3) is 0 Å². The van der Waals surface area contributed by atoms with Crippen LogP contribution in [0.3, 0.4) is 0 Å². The largest absolute Gasteiger partial charge is 0.303 e. The van der Waals surface area contributed by atoms with Crippen LogP contribution in [0.15, 0.2) is 23.1 Å². The van der Waals surface area contributed by atoms with Crippen molar-refractivity contribution in [2.75, 3.05) is 12.8 Å². The molecule has 0 aromatic heterocycles. The second-order valence-corrected chi connectivity index (χ2v) is 8.14. The third kappa shape index (κ3) is 8.92. The molecule has 0 heterocycles. The molecule has 1 rings (SSSR count). The van der Waals surface area contributed by atoms with Crippen molar-refractivity contribution in [1.82, 2.24) is 10.2 Å². The van der Waals surface area contributed by atoms with Crippen molar-refractivity contribution in [3.05, 3.63) is 29.3 Å². The number of nitrogens with one attached hydrogen (secondary N) is 1. The Kier molecular flexibility index (Phi) is 12.9. The molecule has 0 aliphatic heterocycles. The molecule has 6 nitrogen and oxygen atoms in total. The van der Waals surface area contributed by atoms with Gasteiger partial charge < -0.3 is 4.79 Å². The fourth-order valence-corrected chi connectivity index (χ4v) is 4.30. The first kappa shape index (κ1) is 25.0. The van der Waals surface area contributed by atoms with E-state index in [9.17, 15) is 19.2 Å². The Labute approximate surface area is 177 Å². The zero-order valence-corrected chi connectivity index (χ0v) is 18.2. The van der Waals surface area contributed by atoms with Gasteiger partial charge in [-0.25, -0.2) is 0 Å². The van der Waals surface area contributed by atoms with Crippen molar-refractivity contribution in [2.45, 2.75) is 69.4 Å². The third-order valence-corrected chi connectivity index (χ3v) is 5.96. The predicted molar refractivity (Wildman–Crippen MR) is 116 cm³/mol. The summed E-state index contributed by atoms with van der Waals surface area (Å²) in [6, 6.07) is 5.25. The van der Waals surface area contributed by atoms with E-state index >= 15 is 0 Å². The smallest absolute Gasteiger partial charge is 0.243 e. The highest BCUT2D eigenvalue weighted by atomic mass is 32.2. The third-order valence-electron chi connectivity index (χ3n) is 4.78. The zero-order valence-electron chi connectivity index (χ0n) is 17.4. The SMILES string of the molecule is CCCC(C(=O)NC=O)N(C)Cc1c(C=O)cccc1SCCCCCCC=O. The summed E-state index contributed by atoms with van der Waals surface area (Å²) in [7, 11) is 1.84. The lowest BCUT2D eigenvalue weighted by Crippen LogP contribution is -2.44. The Balaban J connectivity index is 2.81. The van der Waals surface area contributed by atoms with Gasteiger partial charge in [-0.2, -0.15) is 0 Å². The molecule has 0 aliphatic rings. The Morgan fingerprint density at radius 2 is 1.93 bits per heavy atom. The van der Waals surface area contributed by atoms with Gasteiger partial charge >= 0.3 is 0 Å². The minimum Gasteiger partial charge on any atom is -0.303 e. The highest BCUT2D eigenvalue weighted by molar-refractivity contribution is 7.99. The Hall–Kier alpha value is -1.99. The molecule has 0 bridgehead atoms. The van der Waals surface area contributed by atoms with E-state index in [0.717, 1.165) is 60.9 Å². The average molecular weight is 421 g/mol. The Bertz CT molecular complexity index is 666. The summed E-state index contributed by atoms with van der Waals surface area (Å²) in [5, 5.41) is 2.25. The van der Waals surface area contributed by atoms with E-state index in [4.69, 9.17) is 0 Å². The van der Waals surface area contributed by atoms with Gasteiger partial charge in [0.1, 0.15) is 12.6 Å². The predicted octanol–water partition coefficient (Wildman–Crippen LogP) is 3.61. The molecule has 1 aromatic carbocycles. The van der Waals surface area contributed by atoms with Crippen molar-refractivity contribution in [1.29, 1.82) is 0 Å². The van der Waals surface area contributed by atoms with Gasteiger partial charge in [0.05, 0.1) is 6.04 Å². The Morgan fingerprint density at radius 1 is 1.17 bits per heavy atom. The van der Waals surface area contributed by atoms with Crippen LogP contribution in [0.2, 0.25) is 0 Å². The molecule has 0 spiro atoms. The molecule has 0 saturated carbocycles. The molecule has 0 fully saturated rings. The van der Waals surface area contributed by atoms with E-state index in [1.54, 1.807) is 17.8 Å². The van der Waals surface area contributed by atoms with E-state index in [1.165, 1.54) is 0 Å². The zero-order chi connectivity index (χ0) is 21.5. The monoisotopic (exact) mass is 420 g/mol. The lowest BCUT2D eigenvalue weighted by atomic mass is 10.1. The maximum Gasteiger partial charge on any atom is 0.243 e. The number of aldehydes is 2. The number of carbonyl (C=O) groups is 4. The van der Waals surface area contributed by atoms with Gasteiger partial charge in [0, 0.05) is 23.4 Å². The van der Waals surface area contributed by atoms with E-state index < -0.39 is 6.04 Å². The summed E-state index contributed by atoms with van der Waals surface area (Å²) < 4.78 is 0. The number of nitrogens with zero attached hydrogens (tertiary/aromatic N) is 1. The van der Waals surface area contributed by atoms with Crippen molar-refractivity contribution in [2.24, 2.45) is 0 Å². The Morgan fingerprint density at radius 3 is 2.59 bits per heavy atom. The van der Waals surface area contributed by atoms with Gasteiger partial charge in [-0.1, -0.05) is 38.3 Å². The first-order chi connectivity index (χ1) is 14.1. The maximum absolute atomic E-state index is 12.2. The number of carbonyl (C=O) groups excluding carboxylic acids is 4. The maximum atomic E-state index is 12.2. The number of benzene rings is 1. The lowest BCUT2D eigenvalue weighted by molar-refractivity contribution is -0.129. The molecule has 1 atom stereocenters. The van der Waals surface area contributed by atoms with Crippen LogP contribution in [-0.4, -0.2) is 48.6 Å². The highest BCUT2D eigenvalue weighted by Crippen LogP contribution is 2.28. The summed E-state index contributed by atoms with van der Waals surface area (Å²) in [6.07, 6.45) is 8.40. The number of likely N-dealkylation sites (N-methyl/N-ethyl adjacent to an activating group) is 1. The standard InChI is InChI=1S/C22H32N2O4S/c1-3-10-20(22(28)23-17-27)24(2)15-19-18(16-26)11-9-12-21(19)29-14-8-6-4-5-7-13-25/h9,11-13,16-17,20H,3-8,10,14-15H2,1-2H3,(H,23,27,28). The summed E-state index contributed by atoms with van der Waals surface area (Å²) in [6.45, 7) is 2.44. The number of rotatable bonds is 16. The van der Waals surface area contributed by atoms with Crippen molar-refractivity contribution in [3.63, 3.8) is 0 Å². The van der Waals surface area contributed by atoms with Gasteiger partial charge in [0.15, 0.2) is 0 Å². The molecule has 1 unspecified atom stereocenters. The lowest BCUT2D eigenvalue weighted by Gasteiger charge is -2.27. The highest BCUT2D eigenvalue weighted by Gasteiger charge is 2.23. The molecule has 160 valence electrons. The van der Waals surface area contributed by atoms with Gasteiger partial charge in [-0.05, 0) is 43.7 Å². The van der Waals surface area contributed by atoms with Crippen LogP contribution in [0.25, 0.3) is 0 Å². The normalized spacial score (nSPS) is 11.8. The number of hydrogen-bond donors (Lipinski definition) is 1. The van der Waals surface area contributed by atoms with E-state index in [-0.39, 0.29) is 5.91 Å². The van der Waals surface area contributed by atoms with Crippen LogP contribution in [0.1, 0.15) is 67.8 Å². The summed E-state index contributed by atoms with van der Waals surface area (Å²) >= 11 is 1.71. The first-order valence-electron chi connectivity index (χ1n) is 10.2. The molecule has 1 aromatic rings. The molecular weight excluding hydrogens is 388 g/mol. The van der Waals surface area contributed by atoms with Crippen LogP contribution < -0.4 is 5.32 Å². The number of unbranched alkanes of at least 4 members (excludes halogenated alkanes) is 4. The van der Waals surface area contributed by atoms with Crippen molar-refractivity contribution >= 4 is 36.7 Å². The molecule has 7 heteroatoms. The van der Waals surface area contributed by atoms with E-state index in [0.29, 0.717) is 31.4 Å². The summed E-state index contributed by atoms with van der Waals surface area (Å²) in [5.74, 6) is 0.613. The summed E-state index contributed by atoms with van der Waals surface area (Å²) in [5.41, 5.74) is 1.54. The minimum absolute atomic E-state index is 0.322. The fourth-order valence-electron chi connectivity index (χ4n) is 3.20. The summed E-state index contributed by atoms with van der Waals surface area (Å²) in [4.78, 5) is 47.8. The molecular formula is C22H32N2O4S. The quantitative estimate of drug-likeness (QED) is 0.250. The van der Waals surface area contributed by atoms with E-state index in [1.807, 2.05) is 31.0 Å². The average Bonchev–Trinajstić information content (AvgIpc) is 2.72. The van der Waals surface area contributed by atoms with Gasteiger partial charge in [0.2, 0.25) is 12.3 Å². The van der Waals surface area contributed by atoms with Crippen LogP contribution in [0.5, 0.6) is 0 Å². The topological polar surface area (TPSA) is 83.6 Å². The molecule has 0 aliphatic carbocycles. The molecule has 1 N–H and O–H groups in total. The number of thioether (sulfide) groups is 1. The molecule has 29 heavy (non-hydrogen) atoms. The molecule has 2 amide bonds. The second-order valence-electron chi connectivity index (χ2n) is 7.01. The number of amides is 2. The van der Waals surface area contributed by atoms with Crippen LogP contribution in [0.4, 0.5) is 0 Å². The first-order valence-corrected chi connectivity index (χ1v) is 11.1. The van der Waals surface area contributed by atoms with Crippen molar-refractivity contribution in [3.8, 4) is 0 Å². The number of imide groups is 1. The van der Waals surface area contributed by atoms with Crippen LogP contribution in [0, 0.1) is 0 Å². The van der Waals surface area contributed by atoms with Crippen LogP contribution in [-0.2, 0) is 20.9 Å². The molecule has 0 saturated heterocycles. The van der Waals surface area contributed by atoms with Crippen molar-refractivity contribution < 1.29 is 19.2 Å². The fraction of sp³-hybridized carbons (Fsp3) is 0.545. The second kappa shape index (κ2) is 14.9. The molecule has 0 radical (unpaired) electrons. The number of hydrogen-bond acceptors (Lipinski definition) is 6. The van der Waals surface area contributed by atoms with Gasteiger partial charge in [-0.15, -0.1) is 11.8 Å².